The van der Waals surface area contributed by atoms with Gasteiger partial charge in [0.15, 0.2) is 0 Å². The molecule has 0 heterocycles. The van der Waals surface area contributed by atoms with Crippen molar-refractivity contribution < 1.29 is 19.1 Å². The van der Waals surface area contributed by atoms with Crippen LogP contribution in [0.2, 0.25) is 20.1 Å². The van der Waals surface area contributed by atoms with Gasteiger partial charge in [0, 0.05) is 0 Å². The van der Waals surface area contributed by atoms with E-state index in [9.17, 15) is 9.59 Å². The summed E-state index contributed by atoms with van der Waals surface area (Å²) in [5, 5.41) is 0.674. The predicted molar refractivity (Wildman–Crippen MR) is 103 cm³/mol. The van der Waals surface area contributed by atoms with Crippen molar-refractivity contribution in [3.05, 3.63) is 56.5 Å². The van der Waals surface area contributed by atoms with Crippen molar-refractivity contribution in [2.75, 3.05) is 19.1 Å². The number of halogens is 4. The normalized spacial score (nSPS) is 10.6. The molecule has 0 unspecified atom stereocenters. The molecule has 0 N–H and O–H groups in total. The van der Waals surface area contributed by atoms with Gasteiger partial charge in [-0.05, 0) is 24.3 Å². The molecule has 0 aliphatic heterocycles. The van der Waals surface area contributed by atoms with Crippen molar-refractivity contribution in [2.45, 2.75) is 6.04 Å². The third-order valence-electron chi connectivity index (χ3n) is 3.49. The van der Waals surface area contributed by atoms with Crippen molar-refractivity contribution in [1.82, 2.24) is 0 Å². The minimum atomic E-state index is -1.52. The van der Waals surface area contributed by atoms with E-state index in [-0.39, 0.29) is 31.5 Å². The first-order chi connectivity index (χ1) is 12.3. The summed E-state index contributed by atoms with van der Waals surface area (Å²) in [5.74, 6) is -1.74. The number of methoxy groups -OCH3 is 2. The molecular formula is C17H13Cl4NO4. The molecule has 9 heteroatoms. The number of hydrogen-bond acceptors (Lipinski definition) is 5. The number of benzene rings is 2. The van der Waals surface area contributed by atoms with Crippen LogP contribution in [0.4, 0.5) is 11.4 Å². The number of esters is 2. The number of anilines is 2. The van der Waals surface area contributed by atoms with Crippen LogP contribution in [0.5, 0.6) is 0 Å². The molecule has 2 aromatic carbocycles. The monoisotopic (exact) mass is 435 g/mol. The summed E-state index contributed by atoms with van der Waals surface area (Å²) in [6, 6.07) is 7.99. The van der Waals surface area contributed by atoms with E-state index in [0.717, 1.165) is 14.2 Å². The third-order valence-corrected chi connectivity index (χ3v) is 5.11. The van der Waals surface area contributed by atoms with Gasteiger partial charge in [-0.15, -0.1) is 0 Å². The quantitative estimate of drug-likeness (QED) is 0.479. The molecule has 26 heavy (non-hydrogen) atoms. The van der Waals surface area contributed by atoms with Gasteiger partial charge >= 0.3 is 11.9 Å². The Kier molecular flexibility index (Phi) is 7.01. The summed E-state index contributed by atoms with van der Waals surface area (Å²) in [7, 11) is 2.30. The lowest BCUT2D eigenvalue weighted by molar-refractivity contribution is -0.153. The molecule has 2 aromatic rings. The van der Waals surface area contributed by atoms with Gasteiger partial charge in [-0.2, -0.15) is 0 Å². The first kappa shape index (κ1) is 20.6. The summed E-state index contributed by atoms with van der Waals surface area (Å²) in [6.07, 6.45) is 0. The lowest BCUT2D eigenvalue weighted by Gasteiger charge is -2.31. The average molecular weight is 437 g/mol. The van der Waals surface area contributed by atoms with E-state index in [2.05, 4.69) is 0 Å². The number of carbonyl (C=O) groups excluding carboxylic acids is 2. The van der Waals surface area contributed by atoms with Gasteiger partial charge in [0.05, 0.1) is 45.7 Å². The number of rotatable bonds is 5. The Balaban J connectivity index is 2.80. The molecule has 0 bridgehead atoms. The van der Waals surface area contributed by atoms with Gasteiger partial charge in [-0.1, -0.05) is 58.5 Å². The van der Waals surface area contributed by atoms with Crippen LogP contribution in [0.3, 0.4) is 0 Å². The molecular weight excluding hydrogens is 424 g/mol. The summed E-state index contributed by atoms with van der Waals surface area (Å²) >= 11 is 24.8. The highest BCUT2D eigenvalue weighted by Gasteiger charge is 2.38. The second kappa shape index (κ2) is 8.82. The molecule has 0 aliphatic rings. The van der Waals surface area contributed by atoms with Crippen molar-refractivity contribution >= 4 is 69.7 Å². The van der Waals surface area contributed by atoms with E-state index in [1.165, 1.54) is 4.90 Å². The van der Waals surface area contributed by atoms with E-state index in [1.54, 1.807) is 36.4 Å². The zero-order valence-corrected chi connectivity index (χ0v) is 16.7. The largest absolute Gasteiger partial charge is 0.467 e. The van der Waals surface area contributed by atoms with Gasteiger partial charge in [0.2, 0.25) is 6.04 Å². The fourth-order valence-corrected chi connectivity index (χ4v) is 3.07. The van der Waals surface area contributed by atoms with Crippen LogP contribution in [0.1, 0.15) is 0 Å². The first-order valence-corrected chi connectivity index (χ1v) is 8.67. The van der Waals surface area contributed by atoms with Gasteiger partial charge in [-0.25, -0.2) is 9.59 Å². The van der Waals surface area contributed by atoms with E-state index >= 15 is 0 Å². The van der Waals surface area contributed by atoms with Crippen LogP contribution >= 0.6 is 46.4 Å². The average Bonchev–Trinajstić information content (AvgIpc) is 2.64. The Hall–Kier alpha value is -1.66. The van der Waals surface area contributed by atoms with Gasteiger partial charge < -0.3 is 14.4 Å². The minimum absolute atomic E-state index is 0.114. The predicted octanol–water partition coefficient (Wildman–Crippen LogP) is 5.15. The maximum absolute atomic E-state index is 12.4. The highest BCUT2D eigenvalue weighted by molar-refractivity contribution is 6.45. The molecule has 2 rings (SSSR count). The zero-order chi connectivity index (χ0) is 19.4. The highest BCUT2D eigenvalue weighted by atomic mass is 35.5. The van der Waals surface area contributed by atoms with Crippen LogP contribution in [-0.2, 0) is 19.1 Å². The topological polar surface area (TPSA) is 55.8 Å². The smallest absolute Gasteiger partial charge is 0.340 e. The number of hydrogen-bond donors (Lipinski definition) is 0. The molecule has 0 radical (unpaired) electrons. The number of nitrogens with zero attached hydrogens (tertiary/aromatic N) is 1. The molecule has 138 valence electrons. The Bertz CT molecular complexity index is 776. The van der Waals surface area contributed by atoms with Crippen LogP contribution in [-0.4, -0.2) is 32.2 Å². The van der Waals surface area contributed by atoms with Crippen molar-refractivity contribution in [2.24, 2.45) is 0 Å². The summed E-state index contributed by atoms with van der Waals surface area (Å²) < 4.78 is 9.53. The second-order valence-corrected chi connectivity index (χ2v) is 6.54. The van der Waals surface area contributed by atoms with Crippen LogP contribution in [0.15, 0.2) is 36.4 Å². The standard InChI is InChI=1S/C17H13Cl4NO4/c1-25-16(23)15(17(24)26-2)22(11-7-3-5-9(18)13(11)20)12-8-4-6-10(19)14(12)21/h3-8,15H,1-2H3. The highest BCUT2D eigenvalue weighted by Crippen LogP contribution is 2.42. The Morgan fingerprint density at radius 3 is 1.54 bits per heavy atom. The molecule has 0 saturated carbocycles. The lowest BCUT2D eigenvalue weighted by Crippen LogP contribution is -2.46. The van der Waals surface area contributed by atoms with Crippen molar-refractivity contribution in [3.63, 3.8) is 0 Å². The van der Waals surface area contributed by atoms with E-state index in [0.29, 0.717) is 0 Å². The summed E-state index contributed by atoms with van der Waals surface area (Å²) in [5.41, 5.74) is 0.508. The zero-order valence-electron chi connectivity index (χ0n) is 13.6. The Morgan fingerprint density at radius 1 is 0.808 bits per heavy atom. The molecule has 0 saturated heterocycles. The van der Waals surface area contributed by atoms with Gasteiger partial charge in [0.1, 0.15) is 0 Å². The van der Waals surface area contributed by atoms with Gasteiger partial charge in [-0.3, -0.25) is 0 Å². The Labute approximate surface area is 170 Å². The Morgan fingerprint density at radius 2 is 1.19 bits per heavy atom. The molecule has 5 nitrogen and oxygen atoms in total. The molecule has 0 amide bonds. The number of carbonyl (C=O) groups is 2. The SMILES string of the molecule is COC(=O)C(C(=O)OC)N(c1cccc(Cl)c1Cl)c1cccc(Cl)c1Cl. The van der Waals surface area contributed by atoms with E-state index in [1.807, 2.05) is 0 Å². The molecule has 0 aliphatic carbocycles. The molecule has 0 fully saturated rings. The molecule has 0 spiro atoms. The fourth-order valence-electron chi connectivity index (χ4n) is 2.30. The van der Waals surface area contributed by atoms with Crippen LogP contribution in [0, 0.1) is 0 Å². The van der Waals surface area contributed by atoms with Crippen molar-refractivity contribution in [3.8, 4) is 0 Å². The summed E-state index contributed by atoms with van der Waals surface area (Å²) in [6.45, 7) is 0. The van der Waals surface area contributed by atoms with Gasteiger partial charge in [0.25, 0.3) is 0 Å². The number of ether oxygens (including phenoxy) is 2. The minimum Gasteiger partial charge on any atom is -0.467 e. The maximum Gasteiger partial charge on any atom is 0.340 e. The summed E-state index contributed by atoms with van der Waals surface area (Å²) in [4.78, 5) is 26.0. The van der Waals surface area contributed by atoms with Crippen LogP contribution < -0.4 is 4.90 Å². The second-order valence-electron chi connectivity index (χ2n) is 4.96. The first-order valence-electron chi connectivity index (χ1n) is 7.16. The third kappa shape index (κ3) is 4.01. The van der Waals surface area contributed by atoms with Crippen molar-refractivity contribution in [1.29, 1.82) is 0 Å². The van der Waals surface area contributed by atoms with E-state index in [4.69, 9.17) is 55.9 Å². The fraction of sp³-hybridized carbons (Fsp3) is 0.176. The van der Waals surface area contributed by atoms with E-state index < -0.39 is 18.0 Å². The van der Waals surface area contributed by atoms with Crippen LogP contribution in [0.25, 0.3) is 0 Å². The maximum atomic E-state index is 12.4. The molecule has 0 aromatic heterocycles. The lowest BCUT2D eigenvalue weighted by atomic mass is 10.1. The molecule has 0 atom stereocenters.